The zero-order valence-corrected chi connectivity index (χ0v) is 12.3. The maximum Gasteiger partial charge on any atom is 0.272 e. The molecule has 0 aliphatic carbocycles. The zero-order chi connectivity index (χ0) is 15.6. The molecule has 0 bridgehead atoms. The van der Waals surface area contributed by atoms with E-state index < -0.39 is 5.92 Å². The van der Waals surface area contributed by atoms with Gasteiger partial charge in [0.2, 0.25) is 0 Å². The normalized spacial score (nSPS) is 11.3. The lowest BCUT2D eigenvalue weighted by Crippen LogP contribution is -2.07. The van der Waals surface area contributed by atoms with Crippen LogP contribution < -0.4 is 4.74 Å². The van der Waals surface area contributed by atoms with E-state index in [1.54, 1.807) is 31.2 Å². The Hall–Kier alpha value is -1.94. The largest absolute Gasteiger partial charge is 0.457 e. The summed E-state index contributed by atoms with van der Waals surface area (Å²) in [6.45, 7) is 2.48. The Morgan fingerprint density at radius 1 is 1.10 bits per heavy atom. The fraction of sp³-hybridized carbons (Fsp3) is 0.188. The first-order valence-electron chi connectivity index (χ1n) is 6.28. The van der Waals surface area contributed by atoms with E-state index in [4.69, 9.17) is 21.7 Å². The molecule has 0 unspecified atom stereocenters. The minimum Gasteiger partial charge on any atom is -0.457 e. The standard InChI is InChI=1S/C16H14ClF2NO/c1-10(20)11-3-5-12(6-4-11)21-13-7-8-15(17)14(9-13)16(2,18)19/h3-9,20H,1-2H3. The van der Waals surface area contributed by atoms with Crippen LogP contribution in [0.15, 0.2) is 42.5 Å². The molecule has 2 aromatic carbocycles. The van der Waals surface area contributed by atoms with Gasteiger partial charge >= 0.3 is 0 Å². The third kappa shape index (κ3) is 3.79. The van der Waals surface area contributed by atoms with Gasteiger partial charge in [0.1, 0.15) is 11.5 Å². The van der Waals surface area contributed by atoms with E-state index in [-0.39, 0.29) is 16.3 Å². The van der Waals surface area contributed by atoms with E-state index in [2.05, 4.69) is 0 Å². The highest BCUT2D eigenvalue weighted by molar-refractivity contribution is 6.31. The first-order chi connectivity index (χ1) is 9.77. The summed E-state index contributed by atoms with van der Waals surface area (Å²) < 4.78 is 32.4. The van der Waals surface area contributed by atoms with Crippen LogP contribution in [-0.4, -0.2) is 5.71 Å². The van der Waals surface area contributed by atoms with Gasteiger partial charge in [-0.1, -0.05) is 11.6 Å². The second-order valence-corrected chi connectivity index (χ2v) is 5.19. The predicted molar refractivity (Wildman–Crippen MR) is 80.0 cm³/mol. The SMILES string of the molecule is CC(=N)c1ccc(Oc2ccc(Cl)c(C(C)(F)F)c2)cc1. The number of ether oxygens (including phenoxy) is 1. The molecule has 110 valence electrons. The number of alkyl halides is 2. The van der Waals surface area contributed by atoms with Crippen molar-refractivity contribution in [3.05, 3.63) is 58.6 Å². The molecule has 0 heterocycles. The van der Waals surface area contributed by atoms with Gasteiger partial charge in [0.05, 0.1) is 0 Å². The van der Waals surface area contributed by atoms with Gasteiger partial charge < -0.3 is 10.1 Å². The molecule has 0 aliphatic heterocycles. The molecule has 0 saturated carbocycles. The average Bonchev–Trinajstić information content (AvgIpc) is 2.40. The third-order valence-electron chi connectivity index (χ3n) is 2.93. The number of hydrogen-bond donors (Lipinski definition) is 1. The van der Waals surface area contributed by atoms with E-state index in [0.29, 0.717) is 11.5 Å². The molecule has 0 radical (unpaired) electrons. The third-order valence-corrected chi connectivity index (χ3v) is 3.26. The summed E-state index contributed by atoms with van der Waals surface area (Å²) >= 11 is 5.78. The number of halogens is 3. The van der Waals surface area contributed by atoms with Crippen LogP contribution in [0.1, 0.15) is 25.0 Å². The molecule has 0 aromatic heterocycles. The second-order valence-electron chi connectivity index (χ2n) is 4.78. The minimum atomic E-state index is -3.03. The lowest BCUT2D eigenvalue weighted by molar-refractivity contribution is 0.0174. The molecular weight excluding hydrogens is 296 g/mol. The minimum absolute atomic E-state index is 0.00429. The Bertz CT molecular complexity index is 663. The van der Waals surface area contributed by atoms with Crippen molar-refractivity contribution in [2.24, 2.45) is 0 Å². The van der Waals surface area contributed by atoms with Crippen molar-refractivity contribution in [2.45, 2.75) is 19.8 Å². The van der Waals surface area contributed by atoms with Crippen LogP contribution in [0.25, 0.3) is 0 Å². The summed E-state index contributed by atoms with van der Waals surface area (Å²) in [5.41, 5.74) is 0.953. The summed E-state index contributed by atoms with van der Waals surface area (Å²) in [5.74, 6) is -2.24. The Morgan fingerprint density at radius 3 is 2.19 bits per heavy atom. The highest BCUT2D eigenvalue weighted by atomic mass is 35.5. The van der Waals surface area contributed by atoms with Gasteiger partial charge in [-0.25, -0.2) is 8.78 Å². The van der Waals surface area contributed by atoms with Crippen LogP contribution in [0.2, 0.25) is 5.02 Å². The fourth-order valence-electron chi connectivity index (χ4n) is 1.81. The summed E-state index contributed by atoms with van der Waals surface area (Å²) in [7, 11) is 0. The maximum absolute atomic E-state index is 13.4. The molecule has 0 amide bonds. The highest BCUT2D eigenvalue weighted by Crippen LogP contribution is 2.36. The molecule has 5 heteroatoms. The molecule has 1 N–H and O–H groups in total. The average molecular weight is 310 g/mol. The van der Waals surface area contributed by atoms with E-state index in [1.807, 2.05) is 0 Å². The maximum atomic E-state index is 13.4. The van der Waals surface area contributed by atoms with Crippen LogP contribution >= 0.6 is 11.6 Å². The van der Waals surface area contributed by atoms with Crippen LogP contribution in [-0.2, 0) is 5.92 Å². The zero-order valence-electron chi connectivity index (χ0n) is 11.6. The van der Waals surface area contributed by atoms with Crippen LogP contribution in [0.4, 0.5) is 8.78 Å². The number of benzene rings is 2. The highest BCUT2D eigenvalue weighted by Gasteiger charge is 2.27. The van der Waals surface area contributed by atoms with Crippen LogP contribution in [0.3, 0.4) is 0 Å². The summed E-state index contributed by atoms with van der Waals surface area (Å²) in [4.78, 5) is 0. The van der Waals surface area contributed by atoms with Crippen LogP contribution in [0, 0.1) is 5.41 Å². The van der Waals surface area contributed by atoms with E-state index in [0.717, 1.165) is 12.5 Å². The molecular formula is C16H14ClF2NO. The van der Waals surface area contributed by atoms with Crippen molar-refractivity contribution in [2.75, 3.05) is 0 Å². The van der Waals surface area contributed by atoms with Gasteiger partial charge in [0, 0.05) is 23.2 Å². The van der Waals surface area contributed by atoms with Gasteiger partial charge in [-0.15, -0.1) is 0 Å². The van der Waals surface area contributed by atoms with Crippen molar-refractivity contribution in [3.63, 3.8) is 0 Å². The van der Waals surface area contributed by atoms with Crippen molar-refractivity contribution in [1.29, 1.82) is 5.41 Å². The topological polar surface area (TPSA) is 33.1 Å². The molecule has 0 fully saturated rings. The first-order valence-corrected chi connectivity index (χ1v) is 6.66. The molecule has 0 spiro atoms. The molecule has 0 saturated heterocycles. The summed E-state index contributed by atoms with van der Waals surface area (Å²) in [5, 5.41) is 7.51. The Morgan fingerprint density at radius 2 is 1.67 bits per heavy atom. The summed E-state index contributed by atoms with van der Waals surface area (Å²) in [6, 6.07) is 11.0. The van der Waals surface area contributed by atoms with Crippen molar-refractivity contribution in [1.82, 2.24) is 0 Å². The van der Waals surface area contributed by atoms with Gasteiger partial charge in [0.25, 0.3) is 5.92 Å². The quantitative estimate of drug-likeness (QED) is 0.729. The van der Waals surface area contributed by atoms with Crippen molar-refractivity contribution < 1.29 is 13.5 Å². The Labute approximate surface area is 126 Å². The smallest absolute Gasteiger partial charge is 0.272 e. The summed E-state index contributed by atoms with van der Waals surface area (Å²) in [6.07, 6.45) is 0. The Balaban J connectivity index is 2.26. The molecule has 2 rings (SSSR count). The van der Waals surface area contributed by atoms with Gasteiger partial charge in [0.15, 0.2) is 0 Å². The van der Waals surface area contributed by atoms with Crippen molar-refractivity contribution in [3.8, 4) is 11.5 Å². The first kappa shape index (κ1) is 15.4. The molecule has 2 nitrogen and oxygen atoms in total. The van der Waals surface area contributed by atoms with Gasteiger partial charge in [-0.2, -0.15) is 0 Å². The number of nitrogens with one attached hydrogen (secondary N) is 1. The predicted octanol–water partition coefficient (Wildman–Crippen LogP) is 5.63. The fourth-order valence-corrected chi connectivity index (χ4v) is 2.10. The molecule has 0 aliphatic rings. The Kier molecular flexibility index (Phi) is 4.28. The molecule has 2 aromatic rings. The molecule has 0 atom stereocenters. The lowest BCUT2D eigenvalue weighted by Gasteiger charge is -2.14. The van der Waals surface area contributed by atoms with Crippen LogP contribution in [0.5, 0.6) is 11.5 Å². The van der Waals surface area contributed by atoms with E-state index >= 15 is 0 Å². The van der Waals surface area contributed by atoms with Crippen molar-refractivity contribution >= 4 is 17.3 Å². The monoisotopic (exact) mass is 309 g/mol. The van der Waals surface area contributed by atoms with E-state index in [9.17, 15) is 8.78 Å². The number of rotatable bonds is 4. The lowest BCUT2D eigenvalue weighted by atomic mass is 10.1. The van der Waals surface area contributed by atoms with Gasteiger partial charge in [-0.3, -0.25) is 0 Å². The van der Waals surface area contributed by atoms with Gasteiger partial charge in [-0.05, 0) is 55.0 Å². The number of hydrogen-bond acceptors (Lipinski definition) is 2. The second kappa shape index (κ2) is 5.82. The molecule has 21 heavy (non-hydrogen) atoms. The van der Waals surface area contributed by atoms with E-state index in [1.165, 1.54) is 18.2 Å².